The lowest BCUT2D eigenvalue weighted by molar-refractivity contribution is -0.120. The summed E-state index contributed by atoms with van der Waals surface area (Å²) in [5.41, 5.74) is 1.23. The van der Waals surface area contributed by atoms with E-state index in [9.17, 15) is 4.79 Å². The SMILES string of the molecule is C[C@H]1CC(=O)CCN1c1ccccc1. The normalized spacial score (nSPS) is 22.5. The van der Waals surface area contributed by atoms with Crippen LogP contribution in [-0.4, -0.2) is 18.4 Å². The maximum Gasteiger partial charge on any atom is 0.136 e. The summed E-state index contributed by atoms with van der Waals surface area (Å²) >= 11 is 0. The Morgan fingerprint density at radius 2 is 2.00 bits per heavy atom. The smallest absolute Gasteiger partial charge is 0.136 e. The Hall–Kier alpha value is -1.31. The van der Waals surface area contributed by atoms with Crippen molar-refractivity contribution >= 4 is 11.5 Å². The highest BCUT2D eigenvalue weighted by Gasteiger charge is 2.23. The van der Waals surface area contributed by atoms with Crippen LogP contribution < -0.4 is 4.90 Å². The van der Waals surface area contributed by atoms with Crippen molar-refractivity contribution in [3.63, 3.8) is 0 Å². The molecule has 1 saturated heterocycles. The highest BCUT2D eigenvalue weighted by Crippen LogP contribution is 2.22. The molecule has 0 unspecified atom stereocenters. The van der Waals surface area contributed by atoms with Crippen LogP contribution in [-0.2, 0) is 4.79 Å². The van der Waals surface area contributed by atoms with E-state index in [2.05, 4.69) is 24.0 Å². The number of piperidine rings is 1. The molecular weight excluding hydrogens is 174 g/mol. The van der Waals surface area contributed by atoms with E-state index in [4.69, 9.17) is 0 Å². The first-order valence-electron chi connectivity index (χ1n) is 5.11. The number of hydrogen-bond acceptors (Lipinski definition) is 2. The van der Waals surface area contributed by atoms with Crippen molar-refractivity contribution in [2.24, 2.45) is 0 Å². The molecule has 0 N–H and O–H groups in total. The van der Waals surface area contributed by atoms with Gasteiger partial charge in [0.25, 0.3) is 0 Å². The van der Waals surface area contributed by atoms with Crippen LogP contribution in [0.4, 0.5) is 5.69 Å². The molecule has 1 heterocycles. The summed E-state index contributed by atoms with van der Waals surface area (Å²) in [6.45, 7) is 2.98. The van der Waals surface area contributed by atoms with Crippen molar-refractivity contribution in [2.75, 3.05) is 11.4 Å². The van der Waals surface area contributed by atoms with Crippen LogP contribution in [0.15, 0.2) is 30.3 Å². The standard InChI is InChI=1S/C12H15NO/c1-10-9-12(14)7-8-13(10)11-5-3-2-4-6-11/h2-6,10H,7-9H2,1H3/t10-/m0/s1. The van der Waals surface area contributed by atoms with Crippen LogP contribution in [0.25, 0.3) is 0 Å². The first-order valence-corrected chi connectivity index (χ1v) is 5.11. The van der Waals surface area contributed by atoms with E-state index in [1.807, 2.05) is 18.2 Å². The fourth-order valence-electron chi connectivity index (χ4n) is 2.01. The van der Waals surface area contributed by atoms with Gasteiger partial charge in [0.2, 0.25) is 0 Å². The number of para-hydroxylation sites is 1. The molecule has 0 radical (unpaired) electrons. The molecular formula is C12H15NO. The van der Waals surface area contributed by atoms with Crippen LogP contribution in [0.1, 0.15) is 19.8 Å². The largest absolute Gasteiger partial charge is 0.368 e. The molecule has 14 heavy (non-hydrogen) atoms. The maximum atomic E-state index is 11.2. The molecule has 0 aromatic heterocycles. The summed E-state index contributed by atoms with van der Waals surface area (Å²) in [6.07, 6.45) is 1.38. The third kappa shape index (κ3) is 1.79. The molecule has 1 atom stereocenters. The van der Waals surface area contributed by atoms with Gasteiger partial charge in [-0.25, -0.2) is 0 Å². The number of anilines is 1. The molecule has 2 rings (SSSR count). The van der Waals surface area contributed by atoms with Gasteiger partial charge < -0.3 is 4.90 Å². The van der Waals surface area contributed by atoms with Crippen LogP contribution in [0, 0.1) is 0 Å². The van der Waals surface area contributed by atoms with Gasteiger partial charge in [-0.15, -0.1) is 0 Å². The van der Waals surface area contributed by atoms with Gasteiger partial charge in [0, 0.05) is 31.1 Å². The summed E-state index contributed by atoms with van der Waals surface area (Å²) < 4.78 is 0. The minimum Gasteiger partial charge on any atom is -0.368 e. The number of carbonyl (C=O) groups is 1. The molecule has 74 valence electrons. The zero-order valence-corrected chi connectivity index (χ0v) is 8.44. The molecule has 1 aliphatic rings. The topological polar surface area (TPSA) is 20.3 Å². The fourth-order valence-corrected chi connectivity index (χ4v) is 2.01. The van der Waals surface area contributed by atoms with E-state index < -0.39 is 0 Å². The zero-order valence-electron chi connectivity index (χ0n) is 8.44. The summed E-state index contributed by atoms with van der Waals surface area (Å²) in [4.78, 5) is 13.5. The Kier molecular flexibility index (Phi) is 2.53. The molecule has 0 bridgehead atoms. The van der Waals surface area contributed by atoms with Crippen molar-refractivity contribution in [1.82, 2.24) is 0 Å². The number of nitrogens with zero attached hydrogens (tertiary/aromatic N) is 1. The molecule has 1 aromatic carbocycles. The van der Waals surface area contributed by atoms with Crippen molar-refractivity contribution in [3.05, 3.63) is 30.3 Å². The Morgan fingerprint density at radius 3 is 2.64 bits per heavy atom. The van der Waals surface area contributed by atoms with E-state index >= 15 is 0 Å². The Labute approximate surface area is 84.5 Å². The highest BCUT2D eigenvalue weighted by molar-refractivity contribution is 5.81. The Morgan fingerprint density at radius 1 is 1.29 bits per heavy atom. The van der Waals surface area contributed by atoms with Gasteiger partial charge in [-0.2, -0.15) is 0 Å². The second-order valence-corrected chi connectivity index (χ2v) is 3.87. The summed E-state index contributed by atoms with van der Waals surface area (Å²) in [6, 6.07) is 10.7. The zero-order chi connectivity index (χ0) is 9.97. The predicted molar refractivity (Wildman–Crippen MR) is 57.5 cm³/mol. The van der Waals surface area contributed by atoms with Crippen LogP contribution in [0.3, 0.4) is 0 Å². The monoisotopic (exact) mass is 189 g/mol. The summed E-state index contributed by atoms with van der Waals surface area (Å²) in [5, 5.41) is 0. The van der Waals surface area contributed by atoms with Gasteiger partial charge in [-0.05, 0) is 19.1 Å². The minimum atomic E-state index is 0.346. The van der Waals surface area contributed by atoms with Gasteiger partial charge in [-0.3, -0.25) is 4.79 Å². The molecule has 2 nitrogen and oxygen atoms in total. The maximum absolute atomic E-state index is 11.2. The van der Waals surface area contributed by atoms with Crippen molar-refractivity contribution in [1.29, 1.82) is 0 Å². The molecule has 0 aliphatic carbocycles. The van der Waals surface area contributed by atoms with Crippen molar-refractivity contribution in [2.45, 2.75) is 25.8 Å². The molecule has 0 amide bonds. The minimum absolute atomic E-state index is 0.346. The van der Waals surface area contributed by atoms with E-state index in [-0.39, 0.29) is 0 Å². The lowest BCUT2D eigenvalue weighted by Crippen LogP contribution is -2.40. The fraction of sp³-hybridized carbons (Fsp3) is 0.417. The average Bonchev–Trinajstić information content (AvgIpc) is 2.19. The average molecular weight is 189 g/mol. The first-order chi connectivity index (χ1) is 6.77. The quantitative estimate of drug-likeness (QED) is 0.675. The molecule has 1 aromatic rings. The van der Waals surface area contributed by atoms with E-state index in [1.165, 1.54) is 5.69 Å². The van der Waals surface area contributed by atoms with Gasteiger partial charge in [-0.1, -0.05) is 18.2 Å². The van der Waals surface area contributed by atoms with E-state index in [0.717, 1.165) is 6.54 Å². The first kappa shape index (κ1) is 9.25. The highest BCUT2D eigenvalue weighted by atomic mass is 16.1. The lowest BCUT2D eigenvalue weighted by Gasteiger charge is -2.34. The molecule has 0 saturated carbocycles. The van der Waals surface area contributed by atoms with Gasteiger partial charge in [0.05, 0.1) is 0 Å². The molecule has 1 aliphatic heterocycles. The third-order valence-corrected chi connectivity index (χ3v) is 2.77. The van der Waals surface area contributed by atoms with Crippen LogP contribution >= 0.6 is 0 Å². The van der Waals surface area contributed by atoms with Gasteiger partial charge in [0.15, 0.2) is 0 Å². The summed E-state index contributed by atoms with van der Waals surface area (Å²) in [7, 11) is 0. The lowest BCUT2D eigenvalue weighted by atomic mass is 10.0. The molecule has 2 heteroatoms. The molecule has 0 spiro atoms. The molecule has 1 fully saturated rings. The van der Waals surface area contributed by atoms with E-state index in [1.54, 1.807) is 0 Å². The number of ketones is 1. The van der Waals surface area contributed by atoms with Crippen LogP contribution in [0.5, 0.6) is 0 Å². The van der Waals surface area contributed by atoms with E-state index in [0.29, 0.717) is 24.7 Å². The number of rotatable bonds is 1. The van der Waals surface area contributed by atoms with Gasteiger partial charge >= 0.3 is 0 Å². The van der Waals surface area contributed by atoms with Crippen molar-refractivity contribution in [3.8, 4) is 0 Å². The Balaban J connectivity index is 2.16. The number of carbonyl (C=O) groups excluding carboxylic acids is 1. The predicted octanol–water partition coefficient (Wildman–Crippen LogP) is 2.24. The summed E-state index contributed by atoms with van der Waals surface area (Å²) in [5.74, 6) is 0.393. The third-order valence-electron chi connectivity index (χ3n) is 2.77. The second-order valence-electron chi connectivity index (χ2n) is 3.87. The number of benzene rings is 1. The van der Waals surface area contributed by atoms with Crippen LogP contribution in [0.2, 0.25) is 0 Å². The van der Waals surface area contributed by atoms with Crippen molar-refractivity contribution < 1.29 is 4.79 Å². The Bertz CT molecular complexity index is 320. The number of Topliss-reactive ketones (excluding diaryl/α,β-unsaturated/α-hetero) is 1. The number of hydrogen-bond donors (Lipinski definition) is 0. The second kappa shape index (κ2) is 3.82. The van der Waals surface area contributed by atoms with Gasteiger partial charge in [0.1, 0.15) is 5.78 Å².